The van der Waals surface area contributed by atoms with Crippen molar-refractivity contribution < 1.29 is 22.0 Å². The normalized spacial score (nSPS) is 15.7. The summed E-state index contributed by atoms with van der Waals surface area (Å²) in [5, 5.41) is 0.858. The molecule has 1 amide bonds. The number of halogens is 2. The van der Waals surface area contributed by atoms with Gasteiger partial charge < -0.3 is 9.88 Å². The zero-order chi connectivity index (χ0) is 20.6. The predicted molar refractivity (Wildman–Crippen MR) is 101 cm³/mol. The van der Waals surface area contributed by atoms with Crippen molar-refractivity contribution in [2.24, 2.45) is 0 Å². The Morgan fingerprint density at radius 1 is 1.07 bits per heavy atom. The van der Waals surface area contributed by atoms with Crippen LogP contribution in [0.25, 0.3) is 11.0 Å². The van der Waals surface area contributed by atoms with Crippen molar-refractivity contribution in [2.45, 2.75) is 11.3 Å². The zero-order valence-electron chi connectivity index (χ0n) is 15.3. The molecule has 1 fully saturated rings. The predicted octanol–water partition coefficient (Wildman–Crippen LogP) is 1.92. The van der Waals surface area contributed by atoms with Crippen LogP contribution in [0.5, 0.6) is 0 Å². The van der Waals surface area contributed by atoms with E-state index in [1.807, 2.05) is 6.07 Å². The Kier molecular flexibility index (Phi) is 5.05. The molecule has 10 heteroatoms. The number of pyridine rings is 1. The molecule has 1 aliphatic rings. The standard InChI is InChI=1S/C19H18F2N4O3S/c20-15-4-1-5-16(21)18(15)29(27,28)25-9-7-24(8-10-25)17(26)11-13-12-23-19-14(13)3-2-6-22-19/h1-6,12H,7-11H2,(H,22,23). The van der Waals surface area contributed by atoms with Gasteiger partial charge in [-0.2, -0.15) is 4.31 Å². The van der Waals surface area contributed by atoms with Crippen LogP contribution in [-0.4, -0.2) is 59.7 Å². The lowest BCUT2D eigenvalue weighted by Crippen LogP contribution is -2.51. The Morgan fingerprint density at radius 2 is 1.76 bits per heavy atom. The lowest BCUT2D eigenvalue weighted by Gasteiger charge is -2.34. The third-order valence-electron chi connectivity index (χ3n) is 4.99. The monoisotopic (exact) mass is 420 g/mol. The van der Waals surface area contributed by atoms with E-state index < -0.39 is 26.6 Å². The minimum absolute atomic E-state index is 0.0305. The molecule has 3 aromatic rings. The van der Waals surface area contributed by atoms with Gasteiger partial charge in [0.1, 0.15) is 17.3 Å². The summed E-state index contributed by atoms with van der Waals surface area (Å²) in [7, 11) is -4.32. The molecule has 2 aromatic heterocycles. The van der Waals surface area contributed by atoms with Gasteiger partial charge in [-0.05, 0) is 29.8 Å². The lowest BCUT2D eigenvalue weighted by atomic mass is 10.1. The molecule has 4 rings (SSSR count). The number of nitrogens with one attached hydrogen (secondary N) is 1. The fraction of sp³-hybridized carbons (Fsp3) is 0.263. The summed E-state index contributed by atoms with van der Waals surface area (Å²) in [4.78, 5) is 20.4. The largest absolute Gasteiger partial charge is 0.346 e. The number of hydrogen-bond donors (Lipinski definition) is 1. The number of rotatable bonds is 4. The van der Waals surface area contributed by atoms with E-state index in [9.17, 15) is 22.0 Å². The average molecular weight is 420 g/mol. The van der Waals surface area contributed by atoms with Gasteiger partial charge in [-0.15, -0.1) is 0 Å². The molecule has 1 saturated heterocycles. The van der Waals surface area contributed by atoms with E-state index in [1.54, 1.807) is 23.4 Å². The van der Waals surface area contributed by atoms with E-state index in [4.69, 9.17) is 0 Å². The quantitative estimate of drug-likeness (QED) is 0.699. The number of H-pyrrole nitrogens is 1. The van der Waals surface area contributed by atoms with E-state index >= 15 is 0 Å². The van der Waals surface area contributed by atoms with E-state index in [0.717, 1.165) is 33.5 Å². The average Bonchev–Trinajstić information content (AvgIpc) is 3.11. The highest BCUT2D eigenvalue weighted by atomic mass is 32.2. The second kappa shape index (κ2) is 7.53. The third kappa shape index (κ3) is 3.60. The topological polar surface area (TPSA) is 86.4 Å². The first-order chi connectivity index (χ1) is 13.9. The van der Waals surface area contributed by atoms with E-state index in [1.165, 1.54) is 0 Å². The zero-order valence-corrected chi connectivity index (χ0v) is 16.1. The molecule has 152 valence electrons. The number of sulfonamides is 1. The summed E-state index contributed by atoms with van der Waals surface area (Å²) < 4.78 is 54.1. The highest BCUT2D eigenvalue weighted by Gasteiger charge is 2.34. The number of fused-ring (bicyclic) bond motifs is 1. The second-order valence-corrected chi connectivity index (χ2v) is 8.60. The van der Waals surface area contributed by atoms with Crippen LogP contribution in [-0.2, 0) is 21.2 Å². The van der Waals surface area contributed by atoms with Crippen molar-refractivity contribution in [1.29, 1.82) is 0 Å². The number of hydrogen-bond acceptors (Lipinski definition) is 4. The summed E-state index contributed by atoms with van der Waals surface area (Å²) in [5.74, 6) is -2.41. The summed E-state index contributed by atoms with van der Waals surface area (Å²) in [5.41, 5.74) is 1.50. The van der Waals surface area contributed by atoms with Crippen molar-refractivity contribution in [1.82, 2.24) is 19.2 Å². The van der Waals surface area contributed by atoms with E-state index in [-0.39, 0.29) is 38.5 Å². The van der Waals surface area contributed by atoms with Crippen molar-refractivity contribution in [3.05, 3.63) is 59.9 Å². The number of aromatic amines is 1. The summed E-state index contributed by atoms with van der Waals surface area (Å²) in [6, 6.07) is 6.59. The van der Waals surface area contributed by atoms with Crippen LogP contribution >= 0.6 is 0 Å². The summed E-state index contributed by atoms with van der Waals surface area (Å²) >= 11 is 0. The smallest absolute Gasteiger partial charge is 0.249 e. The van der Waals surface area contributed by atoms with E-state index in [2.05, 4.69) is 9.97 Å². The second-order valence-electron chi connectivity index (χ2n) is 6.73. The molecule has 3 heterocycles. The van der Waals surface area contributed by atoms with Crippen LogP contribution in [0.15, 0.2) is 47.6 Å². The van der Waals surface area contributed by atoms with Gasteiger partial charge in [0, 0.05) is 44.0 Å². The van der Waals surface area contributed by atoms with Gasteiger partial charge in [0.25, 0.3) is 0 Å². The Hall–Kier alpha value is -2.85. The molecular formula is C19H18F2N4O3S. The molecule has 0 atom stereocenters. The third-order valence-corrected chi connectivity index (χ3v) is 6.94. The molecule has 29 heavy (non-hydrogen) atoms. The minimum atomic E-state index is -4.32. The fourth-order valence-corrected chi connectivity index (χ4v) is 5.00. The molecule has 0 unspecified atom stereocenters. The first-order valence-corrected chi connectivity index (χ1v) is 10.4. The fourth-order valence-electron chi connectivity index (χ4n) is 3.47. The van der Waals surface area contributed by atoms with Crippen molar-refractivity contribution in [3.8, 4) is 0 Å². The van der Waals surface area contributed by atoms with Crippen LogP contribution in [0.1, 0.15) is 5.56 Å². The van der Waals surface area contributed by atoms with Crippen LogP contribution in [0.3, 0.4) is 0 Å². The summed E-state index contributed by atoms with van der Waals surface area (Å²) in [6.45, 7) is 0.234. The van der Waals surface area contributed by atoms with Crippen molar-refractivity contribution in [2.75, 3.05) is 26.2 Å². The molecule has 7 nitrogen and oxygen atoms in total. The van der Waals surface area contributed by atoms with Gasteiger partial charge in [0.2, 0.25) is 15.9 Å². The van der Waals surface area contributed by atoms with Gasteiger partial charge in [-0.3, -0.25) is 4.79 Å². The molecule has 1 aromatic carbocycles. The molecule has 0 bridgehead atoms. The number of aromatic nitrogens is 2. The van der Waals surface area contributed by atoms with Gasteiger partial charge in [0.05, 0.1) is 6.42 Å². The highest BCUT2D eigenvalue weighted by Crippen LogP contribution is 2.24. The SMILES string of the molecule is O=C(Cc1c[nH]c2ncccc12)N1CCN(S(=O)(=O)c2c(F)cccc2F)CC1. The van der Waals surface area contributed by atoms with Gasteiger partial charge in [0.15, 0.2) is 4.90 Å². The Balaban J connectivity index is 1.44. The Bertz CT molecular complexity index is 1150. The first-order valence-electron chi connectivity index (χ1n) is 9.01. The molecule has 1 aliphatic heterocycles. The van der Waals surface area contributed by atoms with Gasteiger partial charge >= 0.3 is 0 Å². The maximum absolute atomic E-state index is 13.9. The molecule has 0 spiro atoms. The Morgan fingerprint density at radius 3 is 2.45 bits per heavy atom. The maximum atomic E-state index is 13.9. The number of benzene rings is 1. The van der Waals surface area contributed by atoms with Gasteiger partial charge in [-0.25, -0.2) is 22.2 Å². The number of piperazine rings is 1. The molecule has 1 N–H and O–H groups in total. The lowest BCUT2D eigenvalue weighted by molar-refractivity contribution is -0.131. The molecular weight excluding hydrogens is 402 g/mol. The molecule has 0 aliphatic carbocycles. The van der Waals surface area contributed by atoms with Crippen LogP contribution in [0.4, 0.5) is 8.78 Å². The maximum Gasteiger partial charge on any atom is 0.249 e. The molecule has 0 radical (unpaired) electrons. The number of nitrogens with zero attached hydrogens (tertiary/aromatic N) is 3. The highest BCUT2D eigenvalue weighted by molar-refractivity contribution is 7.89. The number of carbonyl (C=O) groups is 1. The Labute approximate surface area is 166 Å². The number of amides is 1. The van der Waals surface area contributed by atoms with Gasteiger partial charge in [-0.1, -0.05) is 6.07 Å². The van der Waals surface area contributed by atoms with E-state index in [0.29, 0.717) is 5.65 Å². The van der Waals surface area contributed by atoms with Crippen LogP contribution in [0, 0.1) is 11.6 Å². The first kappa shape index (κ1) is 19.5. The van der Waals surface area contributed by atoms with Crippen LogP contribution < -0.4 is 0 Å². The minimum Gasteiger partial charge on any atom is -0.346 e. The van der Waals surface area contributed by atoms with Crippen molar-refractivity contribution >= 4 is 27.0 Å². The summed E-state index contributed by atoms with van der Waals surface area (Å²) in [6.07, 6.45) is 3.54. The number of carbonyl (C=O) groups excluding carboxylic acids is 1. The van der Waals surface area contributed by atoms with Crippen LogP contribution in [0.2, 0.25) is 0 Å². The van der Waals surface area contributed by atoms with Crippen molar-refractivity contribution in [3.63, 3.8) is 0 Å². The molecule has 0 saturated carbocycles.